The second kappa shape index (κ2) is 8.93. The molecular weight excluding hydrogens is 304 g/mol. The molecule has 1 amide bonds. The average Bonchev–Trinajstić information content (AvgIpc) is 2.61. The van der Waals surface area contributed by atoms with E-state index in [1.807, 2.05) is 44.3 Å². The molecule has 0 spiro atoms. The number of nitrogens with one attached hydrogen (secondary N) is 2. The summed E-state index contributed by atoms with van der Waals surface area (Å²) < 4.78 is 10.8. The highest BCUT2D eigenvalue weighted by molar-refractivity contribution is 6.05. The van der Waals surface area contributed by atoms with E-state index in [0.29, 0.717) is 29.4 Å². The third-order valence-electron chi connectivity index (χ3n) is 3.63. The van der Waals surface area contributed by atoms with Crippen LogP contribution >= 0.6 is 0 Å². The van der Waals surface area contributed by atoms with E-state index in [2.05, 4.69) is 10.6 Å². The van der Waals surface area contributed by atoms with Crippen molar-refractivity contribution in [3.8, 4) is 11.5 Å². The maximum absolute atomic E-state index is 12.6. The number of likely N-dealkylation sites (N-methyl/N-ethyl adjacent to an activating group) is 1. The van der Waals surface area contributed by atoms with Gasteiger partial charge in [0, 0.05) is 17.3 Å². The van der Waals surface area contributed by atoms with Gasteiger partial charge in [-0.05, 0) is 50.7 Å². The fraction of sp³-hybridized carbons (Fsp3) is 0.316. The Hall–Kier alpha value is -2.53. The Balaban J connectivity index is 2.18. The van der Waals surface area contributed by atoms with Crippen LogP contribution in [0, 0.1) is 0 Å². The van der Waals surface area contributed by atoms with Crippen molar-refractivity contribution in [1.29, 1.82) is 0 Å². The lowest BCUT2D eigenvalue weighted by Crippen LogP contribution is -2.17. The van der Waals surface area contributed by atoms with Gasteiger partial charge in [-0.1, -0.05) is 18.2 Å². The number of rotatable bonds is 8. The van der Waals surface area contributed by atoms with E-state index in [1.54, 1.807) is 19.2 Å². The van der Waals surface area contributed by atoms with Crippen molar-refractivity contribution in [1.82, 2.24) is 5.32 Å². The minimum absolute atomic E-state index is 0.132. The number of hydrogen-bond acceptors (Lipinski definition) is 4. The minimum atomic E-state index is -0.132. The Morgan fingerprint density at radius 2 is 1.92 bits per heavy atom. The summed E-state index contributed by atoms with van der Waals surface area (Å²) in [4.78, 5) is 12.6. The Labute approximate surface area is 143 Å². The van der Waals surface area contributed by atoms with E-state index in [-0.39, 0.29) is 5.91 Å². The molecule has 0 aliphatic carbocycles. The molecule has 5 nitrogen and oxygen atoms in total. The number of hydrogen-bond donors (Lipinski definition) is 2. The van der Waals surface area contributed by atoms with Gasteiger partial charge in [-0.25, -0.2) is 0 Å². The van der Waals surface area contributed by atoms with Crippen LogP contribution in [0.4, 0.5) is 5.69 Å². The smallest absolute Gasteiger partial charge is 0.255 e. The molecule has 2 aromatic rings. The highest BCUT2D eigenvalue weighted by atomic mass is 16.5. The number of carbonyl (C=O) groups excluding carboxylic acids is 1. The Morgan fingerprint density at radius 3 is 2.62 bits per heavy atom. The zero-order valence-electron chi connectivity index (χ0n) is 14.4. The monoisotopic (exact) mass is 328 g/mol. The van der Waals surface area contributed by atoms with E-state index in [1.165, 1.54) is 0 Å². The van der Waals surface area contributed by atoms with Crippen LogP contribution in [0.2, 0.25) is 0 Å². The lowest BCUT2D eigenvalue weighted by molar-refractivity contribution is 0.102. The van der Waals surface area contributed by atoms with Crippen molar-refractivity contribution in [2.75, 3.05) is 32.6 Å². The first-order valence-corrected chi connectivity index (χ1v) is 8.04. The molecule has 5 heteroatoms. The predicted molar refractivity (Wildman–Crippen MR) is 96.2 cm³/mol. The summed E-state index contributed by atoms with van der Waals surface area (Å²) >= 11 is 0. The molecule has 2 aromatic carbocycles. The second-order valence-electron chi connectivity index (χ2n) is 5.26. The SMILES string of the molecule is CCOc1ccc(NC(=O)c2ccccc2CCNC)cc1OC. The van der Waals surface area contributed by atoms with Crippen LogP contribution < -0.4 is 20.1 Å². The normalized spacial score (nSPS) is 10.3. The predicted octanol–water partition coefficient (Wildman–Crippen LogP) is 3.11. The van der Waals surface area contributed by atoms with Gasteiger partial charge in [0.2, 0.25) is 0 Å². The van der Waals surface area contributed by atoms with Crippen molar-refractivity contribution >= 4 is 11.6 Å². The minimum Gasteiger partial charge on any atom is -0.493 e. The first kappa shape index (κ1) is 17.8. The molecule has 0 radical (unpaired) electrons. The molecule has 0 saturated carbocycles. The highest BCUT2D eigenvalue weighted by Gasteiger charge is 2.12. The van der Waals surface area contributed by atoms with Crippen molar-refractivity contribution in [2.45, 2.75) is 13.3 Å². The van der Waals surface area contributed by atoms with Gasteiger partial charge in [-0.3, -0.25) is 4.79 Å². The number of ether oxygens (including phenoxy) is 2. The van der Waals surface area contributed by atoms with Gasteiger partial charge < -0.3 is 20.1 Å². The van der Waals surface area contributed by atoms with E-state index in [0.717, 1.165) is 18.5 Å². The lowest BCUT2D eigenvalue weighted by Gasteiger charge is -2.13. The average molecular weight is 328 g/mol. The van der Waals surface area contributed by atoms with Crippen LogP contribution in [0.3, 0.4) is 0 Å². The third kappa shape index (κ3) is 4.49. The fourth-order valence-corrected chi connectivity index (χ4v) is 2.44. The van der Waals surface area contributed by atoms with Gasteiger partial charge in [0.25, 0.3) is 5.91 Å². The van der Waals surface area contributed by atoms with Gasteiger partial charge in [0.05, 0.1) is 13.7 Å². The van der Waals surface area contributed by atoms with Crippen molar-refractivity contribution < 1.29 is 14.3 Å². The summed E-state index contributed by atoms with van der Waals surface area (Å²) in [6, 6.07) is 13.0. The summed E-state index contributed by atoms with van der Waals surface area (Å²) in [5, 5.41) is 6.03. The summed E-state index contributed by atoms with van der Waals surface area (Å²) in [7, 11) is 3.48. The Morgan fingerprint density at radius 1 is 1.12 bits per heavy atom. The number of amides is 1. The zero-order chi connectivity index (χ0) is 17.4. The van der Waals surface area contributed by atoms with Crippen LogP contribution in [-0.2, 0) is 6.42 Å². The van der Waals surface area contributed by atoms with Gasteiger partial charge in [-0.15, -0.1) is 0 Å². The van der Waals surface area contributed by atoms with Crippen LogP contribution in [0.25, 0.3) is 0 Å². The van der Waals surface area contributed by atoms with Gasteiger partial charge in [0.1, 0.15) is 0 Å². The van der Waals surface area contributed by atoms with E-state index in [4.69, 9.17) is 9.47 Å². The molecule has 2 rings (SSSR count). The Kier molecular flexibility index (Phi) is 6.63. The first-order valence-electron chi connectivity index (χ1n) is 8.04. The largest absolute Gasteiger partial charge is 0.493 e. The first-order chi connectivity index (χ1) is 11.7. The summed E-state index contributed by atoms with van der Waals surface area (Å²) in [6.45, 7) is 3.29. The van der Waals surface area contributed by atoms with Crippen molar-refractivity contribution in [2.24, 2.45) is 0 Å². The number of benzene rings is 2. The van der Waals surface area contributed by atoms with Gasteiger partial charge in [-0.2, -0.15) is 0 Å². The van der Waals surface area contributed by atoms with Crippen LogP contribution in [0.1, 0.15) is 22.8 Å². The molecule has 0 fully saturated rings. The van der Waals surface area contributed by atoms with Crippen LogP contribution in [0.5, 0.6) is 11.5 Å². The Bertz CT molecular complexity index is 686. The molecule has 2 N–H and O–H groups in total. The zero-order valence-corrected chi connectivity index (χ0v) is 14.4. The van der Waals surface area contributed by atoms with E-state index >= 15 is 0 Å². The summed E-state index contributed by atoms with van der Waals surface area (Å²) in [5.74, 6) is 1.12. The summed E-state index contributed by atoms with van der Waals surface area (Å²) in [6.07, 6.45) is 0.798. The molecule has 0 atom stereocenters. The molecule has 0 heterocycles. The molecule has 0 unspecified atom stereocenters. The number of carbonyl (C=O) groups is 1. The van der Waals surface area contributed by atoms with Crippen LogP contribution in [0.15, 0.2) is 42.5 Å². The molecule has 0 saturated heterocycles. The third-order valence-corrected chi connectivity index (χ3v) is 3.63. The molecule has 0 bridgehead atoms. The standard InChI is InChI=1S/C19H24N2O3/c1-4-24-17-10-9-15(13-18(17)23-3)21-19(22)16-8-6-5-7-14(16)11-12-20-2/h5-10,13,20H,4,11-12H2,1-3H3,(H,21,22). The molecule has 128 valence electrons. The quantitative estimate of drug-likeness (QED) is 0.782. The van der Waals surface area contributed by atoms with Crippen molar-refractivity contribution in [3.05, 3.63) is 53.6 Å². The molecule has 0 aromatic heterocycles. The maximum atomic E-state index is 12.6. The molecule has 24 heavy (non-hydrogen) atoms. The van der Waals surface area contributed by atoms with E-state index < -0.39 is 0 Å². The number of anilines is 1. The maximum Gasteiger partial charge on any atom is 0.255 e. The van der Waals surface area contributed by atoms with Gasteiger partial charge >= 0.3 is 0 Å². The molecular formula is C19H24N2O3. The lowest BCUT2D eigenvalue weighted by atomic mass is 10.0. The van der Waals surface area contributed by atoms with Crippen LogP contribution in [-0.4, -0.2) is 33.2 Å². The molecule has 0 aliphatic rings. The summed E-state index contributed by atoms with van der Waals surface area (Å²) in [5.41, 5.74) is 2.37. The van der Waals surface area contributed by atoms with E-state index in [9.17, 15) is 4.79 Å². The van der Waals surface area contributed by atoms with Gasteiger partial charge in [0.15, 0.2) is 11.5 Å². The highest BCUT2D eigenvalue weighted by Crippen LogP contribution is 2.30. The molecule has 0 aliphatic heterocycles. The topological polar surface area (TPSA) is 59.6 Å². The number of methoxy groups -OCH3 is 1. The fourth-order valence-electron chi connectivity index (χ4n) is 2.44. The van der Waals surface area contributed by atoms with Crippen molar-refractivity contribution in [3.63, 3.8) is 0 Å². The second-order valence-corrected chi connectivity index (χ2v) is 5.26.